The maximum atomic E-state index is 11.5. The Morgan fingerprint density at radius 1 is 1.35 bits per heavy atom. The van der Waals surface area contributed by atoms with Gasteiger partial charge in [0, 0.05) is 19.1 Å². The number of carbonyl (C=O) groups is 2. The predicted molar refractivity (Wildman–Crippen MR) is 74.5 cm³/mol. The summed E-state index contributed by atoms with van der Waals surface area (Å²) in [5, 5.41) is 22.9. The van der Waals surface area contributed by atoms with E-state index < -0.39 is 24.1 Å². The molecule has 1 fully saturated rings. The molecule has 7 nitrogen and oxygen atoms in total. The summed E-state index contributed by atoms with van der Waals surface area (Å²) in [6, 6.07) is -1.27. The van der Waals surface area contributed by atoms with E-state index in [0.717, 1.165) is 6.54 Å². The van der Waals surface area contributed by atoms with Crippen molar-refractivity contribution in [1.82, 2.24) is 15.5 Å². The summed E-state index contributed by atoms with van der Waals surface area (Å²) in [7, 11) is 2.03. The Kier molecular flexibility index (Phi) is 6.74. The highest BCUT2D eigenvalue weighted by molar-refractivity contribution is 5.82. The summed E-state index contributed by atoms with van der Waals surface area (Å²) in [6.07, 6.45) is 3.78. The molecule has 2 amide bonds. The molecule has 0 spiro atoms. The molecular weight excluding hydrogens is 262 g/mol. The average Bonchev–Trinajstić information content (AvgIpc) is 2.88. The second-order valence-electron chi connectivity index (χ2n) is 5.38. The van der Waals surface area contributed by atoms with Crippen molar-refractivity contribution >= 4 is 12.0 Å². The molecule has 1 aliphatic rings. The molecule has 116 valence electrons. The Labute approximate surface area is 119 Å². The number of urea groups is 1. The third-order valence-electron chi connectivity index (χ3n) is 3.73. The third-order valence-corrected chi connectivity index (χ3v) is 3.73. The van der Waals surface area contributed by atoms with Crippen molar-refractivity contribution in [3.63, 3.8) is 0 Å². The summed E-state index contributed by atoms with van der Waals surface area (Å²) < 4.78 is 0. The van der Waals surface area contributed by atoms with E-state index in [0.29, 0.717) is 12.6 Å². The molecule has 0 aromatic rings. The number of rotatable bonds is 7. The van der Waals surface area contributed by atoms with Gasteiger partial charge in [-0.1, -0.05) is 12.8 Å². The standard InChI is InChI=1S/C13H25N3O4/c1-9(17)11(12(18)19)15-13(20)14-7-8-16(2)10-5-3-4-6-10/h9-11,17H,3-8H2,1-2H3,(H,18,19)(H2,14,15,20). The number of aliphatic hydroxyl groups excluding tert-OH is 1. The van der Waals surface area contributed by atoms with Gasteiger partial charge in [0.2, 0.25) is 0 Å². The van der Waals surface area contributed by atoms with E-state index in [4.69, 9.17) is 5.11 Å². The van der Waals surface area contributed by atoms with Gasteiger partial charge in [0.1, 0.15) is 0 Å². The number of amides is 2. The molecule has 0 radical (unpaired) electrons. The second-order valence-corrected chi connectivity index (χ2v) is 5.38. The Morgan fingerprint density at radius 3 is 2.45 bits per heavy atom. The maximum Gasteiger partial charge on any atom is 0.328 e. The van der Waals surface area contributed by atoms with E-state index in [9.17, 15) is 14.7 Å². The molecule has 1 saturated carbocycles. The van der Waals surface area contributed by atoms with Crippen LogP contribution in [0.2, 0.25) is 0 Å². The molecule has 0 aromatic heterocycles. The summed E-state index contributed by atoms with van der Waals surface area (Å²) in [5.74, 6) is -1.25. The Bertz CT molecular complexity index is 330. The number of nitrogens with zero attached hydrogens (tertiary/aromatic N) is 1. The fourth-order valence-corrected chi connectivity index (χ4v) is 2.45. The zero-order chi connectivity index (χ0) is 15.1. The number of carbonyl (C=O) groups excluding carboxylic acids is 1. The van der Waals surface area contributed by atoms with Crippen LogP contribution in [0.5, 0.6) is 0 Å². The highest BCUT2D eigenvalue weighted by Crippen LogP contribution is 2.21. The molecule has 4 N–H and O–H groups in total. The Hall–Kier alpha value is -1.34. The fourth-order valence-electron chi connectivity index (χ4n) is 2.45. The molecule has 0 aromatic carbocycles. The van der Waals surface area contributed by atoms with Gasteiger partial charge in [0.15, 0.2) is 6.04 Å². The lowest BCUT2D eigenvalue weighted by atomic mass is 10.2. The summed E-state index contributed by atoms with van der Waals surface area (Å²) >= 11 is 0. The van der Waals surface area contributed by atoms with Crippen molar-refractivity contribution in [2.45, 2.75) is 50.8 Å². The lowest BCUT2D eigenvalue weighted by Gasteiger charge is -2.24. The second kappa shape index (κ2) is 8.06. The first-order valence-corrected chi connectivity index (χ1v) is 7.07. The average molecular weight is 287 g/mol. The first kappa shape index (κ1) is 16.7. The predicted octanol–water partition coefficient (Wildman–Crippen LogP) is -0.00600. The zero-order valence-electron chi connectivity index (χ0n) is 12.1. The van der Waals surface area contributed by atoms with Crippen LogP contribution < -0.4 is 10.6 Å². The molecule has 0 heterocycles. The molecule has 0 saturated heterocycles. The monoisotopic (exact) mass is 287 g/mol. The number of aliphatic carboxylic acids is 1. The van der Waals surface area contributed by atoms with Gasteiger partial charge in [-0.3, -0.25) is 0 Å². The van der Waals surface area contributed by atoms with E-state index in [2.05, 4.69) is 15.5 Å². The summed E-state index contributed by atoms with van der Waals surface area (Å²) in [6.45, 7) is 2.50. The van der Waals surface area contributed by atoms with E-state index in [1.807, 2.05) is 7.05 Å². The summed E-state index contributed by atoms with van der Waals surface area (Å²) in [4.78, 5) is 24.6. The molecule has 20 heavy (non-hydrogen) atoms. The molecule has 0 aliphatic heterocycles. The number of aliphatic hydroxyl groups is 1. The van der Waals surface area contributed by atoms with Gasteiger partial charge in [-0.2, -0.15) is 0 Å². The lowest BCUT2D eigenvalue weighted by molar-refractivity contribution is -0.141. The number of likely N-dealkylation sites (N-methyl/N-ethyl adjacent to an activating group) is 1. The van der Waals surface area contributed by atoms with Crippen molar-refractivity contribution < 1.29 is 19.8 Å². The largest absolute Gasteiger partial charge is 0.480 e. The van der Waals surface area contributed by atoms with Crippen molar-refractivity contribution in [3.05, 3.63) is 0 Å². The van der Waals surface area contributed by atoms with Crippen LogP contribution in [0.15, 0.2) is 0 Å². The first-order chi connectivity index (χ1) is 9.41. The molecule has 7 heteroatoms. The third kappa shape index (κ3) is 5.34. The molecular formula is C13H25N3O4. The van der Waals surface area contributed by atoms with Crippen LogP contribution in [0.3, 0.4) is 0 Å². The molecule has 2 unspecified atom stereocenters. The highest BCUT2D eigenvalue weighted by atomic mass is 16.4. The van der Waals surface area contributed by atoms with Gasteiger partial charge in [0.05, 0.1) is 6.10 Å². The molecule has 1 rings (SSSR count). The van der Waals surface area contributed by atoms with Crippen LogP contribution in [0, 0.1) is 0 Å². The van der Waals surface area contributed by atoms with E-state index in [1.54, 1.807) is 0 Å². The van der Waals surface area contributed by atoms with Crippen molar-refractivity contribution in [2.24, 2.45) is 0 Å². The van der Waals surface area contributed by atoms with Crippen LogP contribution in [0.1, 0.15) is 32.6 Å². The van der Waals surface area contributed by atoms with Crippen LogP contribution in [-0.2, 0) is 4.79 Å². The molecule has 2 atom stereocenters. The lowest BCUT2D eigenvalue weighted by Crippen LogP contribution is -2.52. The van der Waals surface area contributed by atoms with Crippen LogP contribution in [0.25, 0.3) is 0 Å². The van der Waals surface area contributed by atoms with Crippen molar-refractivity contribution in [1.29, 1.82) is 0 Å². The maximum absolute atomic E-state index is 11.5. The number of hydrogen-bond donors (Lipinski definition) is 4. The van der Waals surface area contributed by atoms with E-state index in [-0.39, 0.29) is 0 Å². The van der Waals surface area contributed by atoms with Crippen LogP contribution >= 0.6 is 0 Å². The van der Waals surface area contributed by atoms with Gasteiger partial charge in [-0.15, -0.1) is 0 Å². The van der Waals surface area contributed by atoms with Crippen molar-refractivity contribution in [2.75, 3.05) is 20.1 Å². The van der Waals surface area contributed by atoms with Gasteiger partial charge in [-0.05, 0) is 26.8 Å². The van der Waals surface area contributed by atoms with Gasteiger partial charge in [0.25, 0.3) is 0 Å². The van der Waals surface area contributed by atoms with E-state index >= 15 is 0 Å². The number of carboxylic acids is 1. The minimum Gasteiger partial charge on any atom is -0.480 e. The Balaban J connectivity index is 2.23. The smallest absolute Gasteiger partial charge is 0.328 e. The Morgan fingerprint density at radius 2 is 1.95 bits per heavy atom. The van der Waals surface area contributed by atoms with Gasteiger partial charge < -0.3 is 25.7 Å². The number of carboxylic acid groups (broad SMARTS) is 1. The number of nitrogens with one attached hydrogen (secondary N) is 2. The molecule has 1 aliphatic carbocycles. The quantitative estimate of drug-likeness (QED) is 0.528. The van der Waals surface area contributed by atoms with Crippen LogP contribution in [-0.4, -0.2) is 65.4 Å². The highest BCUT2D eigenvalue weighted by Gasteiger charge is 2.25. The minimum absolute atomic E-state index is 0.449. The minimum atomic E-state index is -1.29. The van der Waals surface area contributed by atoms with Crippen molar-refractivity contribution in [3.8, 4) is 0 Å². The summed E-state index contributed by atoms with van der Waals surface area (Å²) in [5.41, 5.74) is 0. The van der Waals surface area contributed by atoms with Gasteiger partial charge >= 0.3 is 12.0 Å². The fraction of sp³-hybridized carbons (Fsp3) is 0.846. The van der Waals surface area contributed by atoms with Gasteiger partial charge in [-0.25, -0.2) is 9.59 Å². The van der Waals surface area contributed by atoms with E-state index in [1.165, 1.54) is 32.6 Å². The number of hydrogen-bond acceptors (Lipinski definition) is 4. The zero-order valence-corrected chi connectivity index (χ0v) is 12.1. The topological polar surface area (TPSA) is 102 Å². The SMILES string of the molecule is CC(O)C(NC(=O)NCCN(C)C1CCCC1)C(=O)O. The molecule has 0 bridgehead atoms. The van der Waals surface area contributed by atoms with Crippen LogP contribution in [0.4, 0.5) is 4.79 Å². The normalized spacial score (nSPS) is 18.8. The first-order valence-electron chi connectivity index (χ1n) is 7.07.